The Morgan fingerprint density at radius 3 is 2.76 bits per heavy atom. The maximum Gasteiger partial charge on any atom is 0.329 e. The van der Waals surface area contributed by atoms with E-state index in [1.165, 1.54) is 5.56 Å². The Morgan fingerprint density at radius 1 is 1.53 bits per heavy atom. The van der Waals surface area contributed by atoms with Gasteiger partial charge in [-0.15, -0.1) is 0 Å². The molecule has 1 aliphatic rings. The molecule has 1 saturated heterocycles. The molecule has 0 spiro atoms. The molecular formula is C12H16N2O3. The number of likely N-dealkylation sites (tertiary alicyclic amines) is 1. The zero-order valence-corrected chi connectivity index (χ0v) is 9.80. The summed E-state index contributed by atoms with van der Waals surface area (Å²) in [7, 11) is 0. The lowest BCUT2D eigenvalue weighted by molar-refractivity contribution is -0.165. The molecule has 1 aromatic rings. The van der Waals surface area contributed by atoms with Gasteiger partial charge in [-0.1, -0.05) is 0 Å². The zero-order chi connectivity index (χ0) is 12.3. The predicted molar refractivity (Wildman–Crippen MR) is 61.5 cm³/mol. The van der Waals surface area contributed by atoms with Crippen molar-refractivity contribution in [3.8, 4) is 0 Å². The second-order valence-electron chi connectivity index (χ2n) is 4.63. The molecule has 0 atom stereocenters. The number of rotatable bonds is 5. The minimum Gasteiger partial charge on any atom is -0.480 e. The number of aromatic nitrogens is 1. The maximum absolute atomic E-state index is 10.4. The van der Waals surface area contributed by atoms with E-state index in [2.05, 4.69) is 9.88 Å². The minimum atomic E-state index is -0.918. The Bertz CT molecular complexity index is 388. The molecule has 0 aliphatic carbocycles. The van der Waals surface area contributed by atoms with E-state index in [1.807, 2.05) is 19.1 Å². The Morgan fingerprint density at radius 2 is 2.18 bits per heavy atom. The van der Waals surface area contributed by atoms with Crippen molar-refractivity contribution in [3.63, 3.8) is 0 Å². The van der Waals surface area contributed by atoms with Crippen LogP contribution in [-0.4, -0.2) is 46.3 Å². The van der Waals surface area contributed by atoms with Crippen LogP contribution in [0.4, 0.5) is 0 Å². The molecule has 0 bridgehead atoms. The lowest BCUT2D eigenvalue weighted by Crippen LogP contribution is -2.61. The average molecular weight is 236 g/mol. The van der Waals surface area contributed by atoms with Gasteiger partial charge in [-0.2, -0.15) is 0 Å². The van der Waals surface area contributed by atoms with Crippen LogP contribution >= 0.6 is 0 Å². The number of carboxylic acid groups (broad SMARTS) is 1. The summed E-state index contributed by atoms with van der Waals surface area (Å²) in [5, 5.41) is 8.55. The second kappa shape index (κ2) is 4.81. The molecule has 0 amide bonds. The van der Waals surface area contributed by atoms with Gasteiger partial charge in [0, 0.05) is 32.0 Å². The molecule has 5 heteroatoms. The van der Waals surface area contributed by atoms with Gasteiger partial charge < -0.3 is 9.84 Å². The van der Waals surface area contributed by atoms with Gasteiger partial charge >= 0.3 is 5.97 Å². The fourth-order valence-electron chi connectivity index (χ4n) is 2.09. The monoisotopic (exact) mass is 236 g/mol. The first kappa shape index (κ1) is 12.0. The number of aliphatic carboxylic acids is 1. The van der Waals surface area contributed by atoms with Gasteiger partial charge in [0.2, 0.25) is 0 Å². The first-order chi connectivity index (χ1) is 8.07. The highest BCUT2D eigenvalue weighted by Crippen LogP contribution is 2.25. The Balaban J connectivity index is 1.77. The molecule has 1 aromatic heterocycles. The van der Waals surface area contributed by atoms with Gasteiger partial charge in [0.25, 0.3) is 0 Å². The van der Waals surface area contributed by atoms with Crippen molar-refractivity contribution < 1.29 is 14.6 Å². The summed E-state index contributed by atoms with van der Waals surface area (Å²) in [6.45, 7) is 4.11. The molecule has 5 nitrogen and oxygen atoms in total. The molecule has 2 rings (SSSR count). The number of hydrogen-bond donors (Lipinski definition) is 1. The molecular weight excluding hydrogens is 220 g/mol. The third-order valence-corrected chi connectivity index (χ3v) is 2.82. The quantitative estimate of drug-likeness (QED) is 0.817. The van der Waals surface area contributed by atoms with Gasteiger partial charge in [0.1, 0.15) is 6.61 Å². The minimum absolute atomic E-state index is 0.223. The lowest BCUT2D eigenvalue weighted by Gasteiger charge is -2.47. The molecule has 0 saturated carbocycles. The van der Waals surface area contributed by atoms with Gasteiger partial charge in [-0.05, 0) is 24.6 Å². The fraction of sp³-hybridized carbons (Fsp3) is 0.500. The number of carboxylic acids is 1. The predicted octanol–water partition coefficient (Wildman–Crippen LogP) is 0.757. The summed E-state index contributed by atoms with van der Waals surface area (Å²) in [5.41, 5.74) is 0.895. The van der Waals surface area contributed by atoms with Crippen molar-refractivity contribution in [2.75, 3.05) is 19.7 Å². The third kappa shape index (κ3) is 3.25. The van der Waals surface area contributed by atoms with Crippen LogP contribution in [0, 0.1) is 0 Å². The third-order valence-electron chi connectivity index (χ3n) is 2.82. The van der Waals surface area contributed by atoms with Gasteiger partial charge in [-0.3, -0.25) is 9.88 Å². The SMILES string of the molecule is CC1(OCC(=O)O)CN(Cc2ccncc2)C1. The summed E-state index contributed by atoms with van der Waals surface area (Å²) in [5.74, 6) is -0.918. The first-order valence-electron chi connectivity index (χ1n) is 5.54. The summed E-state index contributed by atoms with van der Waals surface area (Å²) < 4.78 is 5.34. The van der Waals surface area contributed by atoms with E-state index in [-0.39, 0.29) is 12.2 Å². The van der Waals surface area contributed by atoms with E-state index < -0.39 is 5.97 Å². The van der Waals surface area contributed by atoms with Crippen LogP contribution in [0.25, 0.3) is 0 Å². The Kier molecular flexibility index (Phi) is 3.40. The summed E-state index contributed by atoms with van der Waals surface area (Å²) in [4.78, 5) is 16.6. The number of carbonyl (C=O) groups is 1. The van der Waals surface area contributed by atoms with Crippen molar-refractivity contribution in [2.45, 2.75) is 19.1 Å². The van der Waals surface area contributed by atoms with E-state index in [1.54, 1.807) is 12.4 Å². The zero-order valence-electron chi connectivity index (χ0n) is 9.80. The summed E-state index contributed by atoms with van der Waals surface area (Å²) in [6, 6.07) is 3.96. The molecule has 92 valence electrons. The molecule has 1 N–H and O–H groups in total. The van der Waals surface area contributed by atoms with E-state index in [9.17, 15) is 4.79 Å². The second-order valence-corrected chi connectivity index (χ2v) is 4.63. The number of ether oxygens (including phenoxy) is 1. The highest BCUT2D eigenvalue weighted by molar-refractivity contribution is 5.68. The van der Waals surface area contributed by atoms with Crippen molar-refractivity contribution in [3.05, 3.63) is 30.1 Å². The van der Waals surface area contributed by atoms with Gasteiger partial charge in [-0.25, -0.2) is 4.79 Å². The van der Waals surface area contributed by atoms with Crippen LogP contribution in [-0.2, 0) is 16.1 Å². The van der Waals surface area contributed by atoms with Crippen LogP contribution in [0.1, 0.15) is 12.5 Å². The number of pyridine rings is 1. The van der Waals surface area contributed by atoms with E-state index in [4.69, 9.17) is 9.84 Å². The van der Waals surface area contributed by atoms with E-state index in [0.717, 1.165) is 19.6 Å². The molecule has 0 radical (unpaired) electrons. The molecule has 17 heavy (non-hydrogen) atoms. The Hall–Kier alpha value is -1.46. The summed E-state index contributed by atoms with van der Waals surface area (Å²) in [6.07, 6.45) is 3.55. The number of nitrogens with zero attached hydrogens (tertiary/aromatic N) is 2. The van der Waals surface area contributed by atoms with E-state index >= 15 is 0 Å². The normalized spacial score (nSPS) is 18.6. The van der Waals surface area contributed by atoms with Crippen molar-refractivity contribution in [1.82, 2.24) is 9.88 Å². The maximum atomic E-state index is 10.4. The smallest absolute Gasteiger partial charge is 0.329 e. The molecule has 0 unspecified atom stereocenters. The van der Waals surface area contributed by atoms with Crippen LogP contribution in [0.2, 0.25) is 0 Å². The topological polar surface area (TPSA) is 62.7 Å². The van der Waals surface area contributed by atoms with Crippen LogP contribution < -0.4 is 0 Å². The van der Waals surface area contributed by atoms with Gasteiger partial charge in [0.05, 0.1) is 5.60 Å². The molecule has 0 aromatic carbocycles. The fourth-order valence-corrected chi connectivity index (χ4v) is 2.09. The molecule has 2 heterocycles. The molecule has 1 aliphatic heterocycles. The van der Waals surface area contributed by atoms with Crippen LogP contribution in [0.3, 0.4) is 0 Å². The molecule has 1 fully saturated rings. The van der Waals surface area contributed by atoms with Crippen molar-refractivity contribution >= 4 is 5.97 Å². The standard InChI is InChI=1S/C12H16N2O3/c1-12(17-7-11(15)16)8-14(9-12)6-10-2-4-13-5-3-10/h2-5H,6-9H2,1H3,(H,15,16). The average Bonchev–Trinajstić information content (AvgIpc) is 2.26. The van der Waals surface area contributed by atoms with E-state index in [0.29, 0.717) is 0 Å². The van der Waals surface area contributed by atoms with Crippen molar-refractivity contribution in [1.29, 1.82) is 0 Å². The van der Waals surface area contributed by atoms with Crippen molar-refractivity contribution in [2.24, 2.45) is 0 Å². The van der Waals surface area contributed by atoms with Crippen LogP contribution in [0.5, 0.6) is 0 Å². The van der Waals surface area contributed by atoms with Gasteiger partial charge in [0.15, 0.2) is 0 Å². The number of hydrogen-bond acceptors (Lipinski definition) is 4. The lowest BCUT2D eigenvalue weighted by atomic mass is 9.96. The highest BCUT2D eigenvalue weighted by Gasteiger charge is 2.39. The first-order valence-corrected chi connectivity index (χ1v) is 5.54. The summed E-state index contributed by atoms with van der Waals surface area (Å²) >= 11 is 0. The Labute approximate surface area is 100 Å². The van der Waals surface area contributed by atoms with Crippen LogP contribution in [0.15, 0.2) is 24.5 Å². The highest BCUT2D eigenvalue weighted by atomic mass is 16.5. The largest absolute Gasteiger partial charge is 0.480 e.